The van der Waals surface area contributed by atoms with Gasteiger partial charge in [-0.15, -0.1) is 0 Å². The number of para-hydroxylation sites is 1. The van der Waals surface area contributed by atoms with E-state index in [4.69, 9.17) is 4.74 Å². The van der Waals surface area contributed by atoms with E-state index in [1.165, 1.54) is 0 Å². The summed E-state index contributed by atoms with van der Waals surface area (Å²) in [4.78, 5) is 41.1. The third-order valence-corrected chi connectivity index (χ3v) is 5.56. The van der Waals surface area contributed by atoms with Crippen LogP contribution in [0.1, 0.15) is 31.7 Å². The van der Waals surface area contributed by atoms with Crippen LogP contribution < -0.4 is 10.1 Å². The number of hydrogen-bond acceptors (Lipinski definition) is 4. The Morgan fingerprint density at radius 2 is 2.15 bits per heavy atom. The molecule has 2 atom stereocenters. The van der Waals surface area contributed by atoms with E-state index in [1.54, 1.807) is 17.0 Å². The number of fused-ring (bicyclic) bond motifs is 2. The number of nitrogens with zero attached hydrogens (tertiary/aromatic N) is 2. The van der Waals surface area contributed by atoms with Crippen LogP contribution in [0.4, 0.5) is 4.79 Å². The topological polar surface area (TPSA) is 79.0 Å². The van der Waals surface area contributed by atoms with Gasteiger partial charge in [-0.2, -0.15) is 0 Å². The highest BCUT2D eigenvalue weighted by atomic mass is 16.5. The van der Waals surface area contributed by atoms with Crippen molar-refractivity contribution in [1.29, 1.82) is 0 Å². The fraction of sp³-hybridized carbons (Fsp3) is 0.526. The molecule has 26 heavy (non-hydrogen) atoms. The molecule has 3 aliphatic rings. The van der Waals surface area contributed by atoms with Crippen molar-refractivity contribution < 1.29 is 19.1 Å². The fourth-order valence-electron chi connectivity index (χ4n) is 4.17. The van der Waals surface area contributed by atoms with E-state index in [1.807, 2.05) is 12.1 Å². The quantitative estimate of drug-likeness (QED) is 0.813. The van der Waals surface area contributed by atoms with Gasteiger partial charge in [-0.1, -0.05) is 25.1 Å². The molecule has 7 nitrogen and oxygen atoms in total. The van der Waals surface area contributed by atoms with Crippen molar-refractivity contribution >= 4 is 17.8 Å². The lowest BCUT2D eigenvalue weighted by Crippen LogP contribution is -2.49. The van der Waals surface area contributed by atoms with Crippen molar-refractivity contribution in [1.82, 2.24) is 15.1 Å². The maximum absolute atomic E-state index is 13.2. The lowest BCUT2D eigenvalue weighted by molar-refractivity contribution is -0.140. The normalized spacial score (nSPS) is 28.0. The molecule has 0 aliphatic carbocycles. The van der Waals surface area contributed by atoms with Crippen LogP contribution in [0.15, 0.2) is 24.3 Å². The molecular weight excluding hydrogens is 334 g/mol. The fourth-order valence-corrected chi connectivity index (χ4v) is 4.17. The van der Waals surface area contributed by atoms with Crippen molar-refractivity contribution in [3.8, 4) is 5.75 Å². The number of piperidine rings is 1. The second-order valence-electron chi connectivity index (χ2n) is 7.41. The molecule has 2 saturated heterocycles. The Morgan fingerprint density at radius 3 is 2.96 bits per heavy atom. The van der Waals surface area contributed by atoms with Crippen LogP contribution in [0.3, 0.4) is 0 Å². The zero-order valence-electron chi connectivity index (χ0n) is 14.9. The maximum atomic E-state index is 13.2. The number of nitrogens with one attached hydrogen (secondary N) is 1. The molecule has 3 heterocycles. The van der Waals surface area contributed by atoms with Gasteiger partial charge in [0.25, 0.3) is 5.91 Å². The number of carbonyl (C=O) groups is 3. The smallest absolute Gasteiger partial charge is 0.325 e. The van der Waals surface area contributed by atoms with Gasteiger partial charge in [-0.05, 0) is 24.8 Å². The first kappa shape index (κ1) is 16.9. The molecule has 1 spiro atoms. The highest BCUT2D eigenvalue weighted by Crippen LogP contribution is 2.40. The molecule has 3 aliphatic heterocycles. The van der Waals surface area contributed by atoms with Gasteiger partial charge < -0.3 is 15.0 Å². The molecular formula is C19H23N3O4. The number of benzene rings is 1. The number of carbonyl (C=O) groups excluding carboxylic acids is 3. The standard InChI is InChI=1S/C19H23N3O4/c1-13-5-4-9-21(11-13)16(23)12-22-17(24)19(20-18(22)25)8-10-26-15-7-3-2-6-14(15)19/h2-3,6-7,13H,4-5,8-12H2,1H3,(H,20,25). The number of imide groups is 1. The van der Waals surface area contributed by atoms with E-state index < -0.39 is 11.6 Å². The van der Waals surface area contributed by atoms with Crippen LogP contribution in [-0.2, 0) is 15.1 Å². The number of rotatable bonds is 2. The first-order valence-corrected chi connectivity index (χ1v) is 9.15. The summed E-state index contributed by atoms with van der Waals surface area (Å²) < 4.78 is 5.62. The Kier molecular flexibility index (Phi) is 4.09. The molecule has 1 aromatic carbocycles. The number of amides is 4. The third kappa shape index (κ3) is 2.62. The van der Waals surface area contributed by atoms with E-state index in [0.717, 1.165) is 17.7 Å². The largest absolute Gasteiger partial charge is 0.493 e. The highest BCUT2D eigenvalue weighted by Gasteiger charge is 2.55. The Morgan fingerprint density at radius 1 is 1.35 bits per heavy atom. The van der Waals surface area contributed by atoms with Crippen molar-refractivity contribution in [2.45, 2.75) is 31.7 Å². The molecule has 2 unspecified atom stereocenters. The van der Waals surface area contributed by atoms with Gasteiger partial charge in [-0.3, -0.25) is 14.5 Å². The monoisotopic (exact) mass is 357 g/mol. The average molecular weight is 357 g/mol. The lowest BCUT2D eigenvalue weighted by atomic mass is 9.84. The SMILES string of the molecule is CC1CCCN(C(=O)CN2C(=O)NC3(CCOc4ccccc43)C2=O)C1. The molecule has 0 aromatic heterocycles. The van der Waals surface area contributed by atoms with Crippen molar-refractivity contribution in [2.75, 3.05) is 26.2 Å². The minimum absolute atomic E-state index is 0.169. The zero-order valence-corrected chi connectivity index (χ0v) is 14.9. The van der Waals surface area contributed by atoms with Crippen LogP contribution >= 0.6 is 0 Å². The molecule has 4 rings (SSSR count). The summed E-state index contributed by atoms with van der Waals surface area (Å²) in [6.07, 6.45) is 2.43. The minimum atomic E-state index is -1.12. The maximum Gasteiger partial charge on any atom is 0.325 e. The van der Waals surface area contributed by atoms with Gasteiger partial charge >= 0.3 is 6.03 Å². The van der Waals surface area contributed by atoms with E-state index in [9.17, 15) is 14.4 Å². The molecule has 138 valence electrons. The van der Waals surface area contributed by atoms with Crippen molar-refractivity contribution in [2.24, 2.45) is 5.92 Å². The van der Waals surface area contributed by atoms with E-state index >= 15 is 0 Å². The van der Waals surface area contributed by atoms with Crippen LogP contribution in [0, 0.1) is 5.92 Å². The van der Waals surface area contributed by atoms with Crippen molar-refractivity contribution in [3.05, 3.63) is 29.8 Å². The van der Waals surface area contributed by atoms with E-state index in [2.05, 4.69) is 12.2 Å². The van der Waals surface area contributed by atoms with Crippen molar-refractivity contribution in [3.63, 3.8) is 0 Å². The molecule has 1 N–H and O–H groups in total. The predicted molar refractivity (Wildman–Crippen MR) is 93.5 cm³/mol. The summed E-state index contributed by atoms with van der Waals surface area (Å²) in [5, 5.41) is 2.83. The van der Waals surface area contributed by atoms with Crippen LogP contribution in [0.5, 0.6) is 5.75 Å². The first-order chi connectivity index (χ1) is 12.5. The Balaban J connectivity index is 1.56. The molecule has 7 heteroatoms. The second-order valence-corrected chi connectivity index (χ2v) is 7.41. The van der Waals surface area contributed by atoms with Gasteiger partial charge in [0.2, 0.25) is 5.91 Å². The number of hydrogen-bond donors (Lipinski definition) is 1. The molecule has 4 amide bonds. The van der Waals surface area contributed by atoms with Gasteiger partial charge in [0.1, 0.15) is 12.3 Å². The van der Waals surface area contributed by atoms with E-state index in [-0.39, 0.29) is 18.4 Å². The predicted octanol–water partition coefficient (Wildman–Crippen LogP) is 1.47. The Bertz CT molecular complexity index is 765. The zero-order chi connectivity index (χ0) is 18.3. The summed E-state index contributed by atoms with van der Waals surface area (Å²) in [6.45, 7) is 3.62. The van der Waals surface area contributed by atoms with Crippen LogP contribution in [0.25, 0.3) is 0 Å². The summed E-state index contributed by atoms with van der Waals surface area (Å²) in [5.74, 6) is 0.518. The van der Waals surface area contributed by atoms with Gasteiger partial charge in [-0.25, -0.2) is 4.79 Å². The minimum Gasteiger partial charge on any atom is -0.493 e. The number of urea groups is 1. The lowest BCUT2D eigenvalue weighted by Gasteiger charge is -2.33. The molecule has 2 fully saturated rings. The number of likely N-dealkylation sites (tertiary alicyclic amines) is 1. The second kappa shape index (κ2) is 6.30. The van der Waals surface area contributed by atoms with Gasteiger partial charge in [0.15, 0.2) is 5.54 Å². The molecule has 0 saturated carbocycles. The summed E-state index contributed by atoms with van der Waals surface area (Å²) in [6, 6.07) is 6.73. The Hall–Kier alpha value is -2.57. The van der Waals surface area contributed by atoms with E-state index in [0.29, 0.717) is 43.3 Å². The Labute approximate surface area is 152 Å². The van der Waals surface area contributed by atoms with Gasteiger partial charge in [0, 0.05) is 25.1 Å². The summed E-state index contributed by atoms with van der Waals surface area (Å²) in [7, 11) is 0. The van der Waals surface area contributed by atoms with Crippen LogP contribution in [0.2, 0.25) is 0 Å². The number of ether oxygens (including phenoxy) is 1. The average Bonchev–Trinajstić information content (AvgIpc) is 2.87. The first-order valence-electron chi connectivity index (χ1n) is 9.15. The van der Waals surface area contributed by atoms with Crippen LogP contribution in [-0.4, -0.2) is 53.9 Å². The highest BCUT2D eigenvalue weighted by molar-refractivity contribution is 6.09. The van der Waals surface area contributed by atoms with Gasteiger partial charge in [0.05, 0.1) is 6.61 Å². The molecule has 0 bridgehead atoms. The summed E-state index contributed by atoms with van der Waals surface area (Å²) >= 11 is 0. The molecule has 0 radical (unpaired) electrons. The summed E-state index contributed by atoms with van der Waals surface area (Å²) in [5.41, 5.74) is -0.465. The third-order valence-electron chi connectivity index (χ3n) is 5.56. The molecule has 1 aromatic rings.